The summed E-state index contributed by atoms with van der Waals surface area (Å²) in [6.07, 6.45) is 2.19. The lowest BCUT2D eigenvalue weighted by Crippen LogP contribution is -2.68. The van der Waals surface area contributed by atoms with Crippen molar-refractivity contribution in [1.29, 1.82) is 0 Å². The summed E-state index contributed by atoms with van der Waals surface area (Å²) >= 11 is 0. The Morgan fingerprint density at radius 1 is 0.261 bits per heavy atom. The average molecular weight is 1490 g/mol. The molecule has 0 amide bonds. The molecule has 20 nitrogen and oxygen atoms in total. The first kappa shape index (κ1) is 95.4. The van der Waals surface area contributed by atoms with Gasteiger partial charge in [0, 0.05) is 129 Å². The first-order valence-electron chi connectivity index (χ1n) is 35.6. The summed E-state index contributed by atoms with van der Waals surface area (Å²) in [6, 6.07) is 6.15. The van der Waals surface area contributed by atoms with Crippen LogP contribution in [0.15, 0.2) is 0 Å². The monoisotopic (exact) mass is 1490 g/mol. The Morgan fingerprint density at radius 3 is 0.533 bits per heavy atom. The lowest BCUT2D eigenvalue weighted by atomic mass is 9.68. The second-order valence-electron chi connectivity index (χ2n) is 27.9. The first-order valence-corrected chi connectivity index (χ1v) is 58.5. The number of hydrogen-bond donors (Lipinski definition) is 1. The predicted octanol–water partition coefficient (Wildman–Crippen LogP) is 16.7. The molecule has 30 heteroatoms. The highest BCUT2D eigenvalue weighted by Gasteiger charge is 2.61. The Morgan fingerprint density at radius 2 is 0.402 bits per heavy atom. The van der Waals surface area contributed by atoms with E-state index < -0.39 is 86.6 Å². The summed E-state index contributed by atoms with van der Waals surface area (Å²) in [5.74, 6) is 0. The molecule has 1 fully saturated rings. The van der Waals surface area contributed by atoms with Crippen LogP contribution in [0.4, 0.5) is 0 Å². The molecule has 0 spiro atoms. The molecule has 0 aliphatic carbocycles. The zero-order chi connectivity index (χ0) is 71.5. The van der Waals surface area contributed by atoms with E-state index in [1.165, 1.54) is 0 Å². The lowest BCUT2D eigenvalue weighted by Gasteiger charge is -2.51. The molecule has 1 aliphatic heterocycles. The van der Waals surface area contributed by atoms with Gasteiger partial charge in [-0.25, -0.2) is 0 Å². The molecule has 1 rings (SSSR count). The van der Waals surface area contributed by atoms with E-state index >= 15 is 0 Å². The standard InChI is InChI=1S/C36H88O16Si8.C15H34O3Si.C11H26OSi/c1-17-37-57(38-18-2,39-19-3)33-29-53(13)49-54(14,30-34-58(40-20-4,41-21-5)42-22-6)51-56(16,32-36-60(46-26-10,47-27-11)48-28-12)52-55(15,50-53)31-35-59(43-23-7,44-24-8)45-25-9;1-9-16-19(17-10-2,18-11-3)13-12-15(7,8)14(4,5)6;1-10(2,3)11(4,5)8-9-13(6,7)12/h17-36H2,1-16H3;9-13H2,1-8H3;12H,8-9H2,1-7H3. The van der Waals surface area contributed by atoms with Crippen LogP contribution in [0.5, 0.6) is 0 Å². The van der Waals surface area contributed by atoms with Crippen molar-refractivity contribution in [1.82, 2.24) is 0 Å². The quantitative estimate of drug-likeness (QED) is 0.0564. The highest BCUT2D eigenvalue weighted by molar-refractivity contribution is 6.95. The highest BCUT2D eigenvalue weighted by Crippen LogP contribution is 2.46. The maximum atomic E-state index is 9.79. The van der Waals surface area contributed by atoms with Crippen molar-refractivity contribution in [2.75, 3.05) is 99.1 Å². The maximum Gasteiger partial charge on any atom is 0.500 e. The van der Waals surface area contributed by atoms with Crippen LogP contribution in [0.3, 0.4) is 0 Å². The second-order valence-corrected chi connectivity index (χ2v) is 60.1. The van der Waals surface area contributed by atoms with Crippen molar-refractivity contribution in [3.8, 4) is 0 Å². The molecule has 0 bridgehead atoms. The molecule has 0 aromatic rings. The van der Waals surface area contributed by atoms with Gasteiger partial charge in [0.2, 0.25) is 0 Å². The fraction of sp³-hybridized carbons (Fsp3) is 1.00. The van der Waals surface area contributed by atoms with Gasteiger partial charge in [-0.1, -0.05) is 69.2 Å². The molecule has 1 saturated heterocycles. The zero-order valence-corrected chi connectivity index (χ0v) is 75.3. The van der Waals surface area contributed by atoms with E-state index in [2.05, 4.69) is 95.4 Å². The summed E-state index contributed by atoms with van der Waals surface area (Å²) in [5, 5.41) is 0. The number of rotatable bonds is 48. The van der Waals surface area contributed by atoms with Gasteiger partial charge in [-0.05, 0) is 208 Å². The van der Waals surface area contributed by atoms with Crippen molar-refractivity contribution >= 4 is 86.6 Å². The Labute approximate surface area is 577 Å². The molecule has 0 unspecified atom stereocenters. The van der Waals surface area contributed by atoms with Crippen LogP contribution in [0, 0.1) is 21.7 Å². The third kappa shape index (κ3) is 35.3. The van der Waals surface area contributed by atoms with Crippen molar-refractivity contribution in [2.24, 2.45) is 21.7 Å². The minimum Gasteiger partial charge on any atom is -0.432 e. The maximum absolute atomic E-state index is 9.79. The molecule has 556 valence electrons. The van der Waals surface area contributed by atoms with Crippen LogP contribution < -0.4 is 0 Å². The minimum atomic E-state index is -3.24. The van der Waals surface area contributed by atoms with Crippen molar-refractivity contribution in [3.05, 3.63) is 0 Å². The summed E-state index contributed by atoms with van der Waals surface area (Å²) in [6.45, 7) is 72.8. The Hall–Kier alpha value is 1.37. The summed E-state index contributed by atoms with van der Waals surface area (Å²) in [5.41, 5.74) is 1.14. The normalized spacial score (nSPS) is 21.1. The third-order valence-corrected chi connectivity index (χ3v) is 54.4. The van der Waals surface area contributed by atoms with Crippen molar-refractivity contribution in [3.63, 3.8) is 0 Å². The lowest BCUT2D eigenvalue weighted by molar-refractivity contribution is 0.0587. The summed E-state index contributed by atoms with van der Waals surface area (Å²) < 4.78 is 125. The van der Waals surface area contributed by atoms with Crippen LogP contribution in [0.1, 0.15) is 186 Å². The van der Waals surface area contributed by atoms with Crippen LogP contribution >= 0.6 is 0 Å². The molecule has 1 aliphatic rings. The van der Waals surface area contributed by atoms with E-state index in [9.17, 15) is 4.80 Å². The van der Waals surface area contributed by atoms with Gasteiger partial charge in [0.1, 0.15) is 0 Å². The fourth-order valence-corrected chi connectivity index (χ4v) is 55.1. The Balaban J connectivity index is 0. The van der Waals surface area contributed by atoms with Gasteiger partial charge in [-0.3, -0.25) is 0 Å². The van der Waals surface area contributed by atoms with Crippen molar-refractivity contribution < 1.29 is 87.6 Å². The van der Waals surface area contributed by atoms with Crippen LogP contribution in [0.2, 0.25) is 99.7 Å². The van der Waals surface area contributed by atoms with Gasteiger partial charge >= 0.3 is 78.3 Å². The molecule has 1 heterocycles. The molecule has 0 radical (unpaired) electrons. The van der Waals surface area contributed by atoms with E-state index in [-0.39, 0.29) is 10.8 Å². The van der Waals surface area contributed by atoms with E-state index in [0.717, 1.165) is 24.9 Å². The molecular weight excluding hydrogens is 1350 g/mol. The van der Waals surface area contributed by atoms with Crippen LogP contribution in [0.25, 0.3) is 0 Å². The second kappa shape index (κ2) is 44.7. The SMILES string of the molecule is CC(C)(C)C(C)(C)CC[Si](C)(C)O.CCO[Si](CCC(C)(C)C(C)(C)C)(OCC)OCC.CCO[Si](CC[Si]1(C)O[Si](C)(CC[Si](OCC)(OCC)OCC)O[Si](C)(CC[Si](OCC)(OCC)OCC)O[Si](C)(CC[Si](OCC)(OCC)OCC)O1)(OCC)OCC. The van der Waals surface area contributed by atoms with Gasteiger partial charge in [-0.2, -0.15) is 0 Å². The Kier molecular flexibility index (Phi) is 46.3. The highest BCUT2D eigenvalue weighted by atomic mass is 28.5. The third-order valence-electron chi connectivity index (χ3n) is 17.2. The van der Waals surface area contributed by atoms with Crippen molar-refractivity contribution in [2.45, 2.75) is 286 Å². The summed E-state index contributed by atoms with van der Waals surface area (Å²) in [4.78, 5) is 9.79. The van der Waals surface area contributed by atoms with Crippen LogP contribution in [-0.4, -0.2) is 190 Å². The molecule has 0 aromatic heterocycles. The fourth-order valence-electron chi connectivity index (χ4n) is 10.7. The van der Waals surface area contributed by atoms with Crippen LogP contribution in [-0.2, 0) is 82.9 Å². The molecule has 92 heavy (non-hydrogen) atoms. The first-order chi connectivity index (χ1) is 42.5. The topological polar surface area (TPSA) is 196 Å². The number of hydrogen-bond acceptors (Lipinski definition) is 20. The Bertz CT molecular complexity index is 1620. The van der Waals surface area contributed by atoms with Gasteiger partial charge < -0.3 is 87.6 Å². The van der Waals surface area contributed by atoms with Gasteiger partial charge in [-0.15, -0.1) is 0 Å². The molecule has 1 N–H and O–H groups in total. The summed E-state index contributed by atoms with van der Waals surface area (Å²) in [7, 11) is -29.7. The smallest absolute Gasteiger partial charge is 0.432 e. The largest absolute Gasteiger partial charge is 0.500 e. The molecule has 0 aromatic carbocycles. The van der Waals surface area contributed by atoms with Gasteiger partial charge in [0.05, 0.1) is 0 Å². The van der Waals surface area contributed by atoms with E-state index in [4.69, 9.17) is 82.9 Å². The van der Waals surface area contributed by atoms with E-state index in [1.54, 1.807) is 0 Å². The minimum absolute atomic E-state index is 0.233. The molecule has 0 saturated carbocycles. The average Bonchev–Trinajstić information content (AvgIpc) is 0.776. The molecule has 0 atom stereocenters. The molecular formula is C62H148O20Si10. The predicted molar refractivity (Wildman–Crippen MR) is 397 cm³/mol. The van der Waals surface area contributed by atoms with E-state index in [1.807, 2.05) is 117 Å². The van der Waals surface area contributed by atoms with Gasteiger partial charge in [0.15, 0.2) is 8.32 Å². The van der Waals surface area contributed by atoms with Gasteiger partial charge in [0.25, 0.3) is 0 Å². The zero-order valence-electron chi connectivity index (χ0n) is 65.3. The van der Waals surface area contributed by atoms with E-state index in [0.29, 0.717) is 158 Å².